The van der Waals surface area contributed by atoms with E-state index in [1.54, 1.807) is 0 Å². The molecule has 1 saturated carbocycles. The molecule has 1 aliphatic rings. The van der Waals surface area contributed by atoms with Crippen molar-refractivity contribution in [3.05, 3.63) is 28.8 Å². The fraction of sp³-hybridized carbons (Fsp3) is 0.667. The summed E-state index contributed by atoms with van der Waals surface area (Å²) in [7, 11) is 2.00. The van der Waals surface area contributed by atoms with Gasteiger partial charge in [-0.2, -0.15) is 5.10 Å². The molecule has 0 saturated heterocycles. The lowest BCUT2D eigenvalue weighted by atomic mass is 9.85. The van der Waals surface area contributed by atoms with E-state index in [2.05, 4.69) is 21.8 Å². The highest BCUT2D eigenvalue weighted by Crippen LogP contribution is 2.33. The molecule has 0 atom stereocenters. The largest absolute Gasteiger partial charge is 0.307 e. The van der Waals surface area contributed by atoms with Crippen molar-refractivity contribution in [3.8, 4) is 0 Å². The molecule has 0 spiro atoms. The first kappa shape index (κ1) is 14.3. The Kier molecular flexibility index (Phi) is 4.34. The van der Waals surface area contributed by atoms with Gasteiger partial charge in [0.2, 0.25) is 0 Å². The number of rotatable bonds is 5. The lowest BCUT2D eigenvalue weighted by molar-refractivity contribution is 0.300. The molecule has 2 heterocycles. The third-order valence-electron chi connectivity index (χ3n) is 4.28. The molecule has 1 N–H and O–H groups in total. The number of aryl methyl sites for hydroxylation is 2. The molecule has 0 aromatic carbocycles. The molecule has 21 heavy (non-hydrogen) atoms. The molecular formula is C15H23N5O. The minimum atomic E-state index is 0.632. The molecular weight excluding hydrogens is 266 g/mol. The maximum absolute atomic E-state index is 4.71. The summed E-state index contributed by atoms with van der Waals surface area (Å²) >= 11 is 0. The molecule has 1 aliphatic carbocycles. The van der Waals surface area contributed by atoms with Crippen LogP contribution in [0.3, 0.4) is 0 Å². The highest BCUT2D eigenvalue weighted by atomic mass is 16.6. The van der Waals surface area contributed by atoms with Crippen LogP contribution >= 0.6 is 0 Å². The van der Waals surface area contributed by atoms with Crippen LogP contribution in [0, 0.1) is 6.92 Å². The Balaban J connectivity index is 1.63. The average Bonchev–Trinajstić information content (AvgIpc) is 3.06. The first-order valence-corrected chi connectivity index (χ1v) is 7.75. The second-order valence-electron chi connectivity index (χ2n) is 5.95. The minimum absolute atomic E-state index is 0.632. The Hall–Kier alpha value is -1.69. The molecule has 3 rings (SSSR count). The van der Waals surface area contributed by atoms with Crippen LogP contribution in [0.25, 0.3) is 0 Å². The van der Waals surface area contributed by atoms with Crippen LogP contribution in [0.1, 0.15) is 60.7 Å². The van der Waals surface area contributed by atoms with Gasteiger partial charge in [0.25, 0.3) is 0 Å². The zero-order chi connectivity index (χ0) is 14.7. The van der Waals surface area contributed by atoms with Gasteiger partial charge < -0.3 is 5.32 Å². The molecule has 0 aliphatic heterocycles. The van der Waals surface area contributed by atoms with E-state index in [1.165, 1.54) is 43.4 Å². The van der Waals surface area contributed by atoms with Crippen LogP contribution < -0.4 is 5.32 Å². The van der Waals surface area contributed by atoms with E-state index < -0.39 is 0 Å². The van der Waals surface area contributed by atoms with E-state index >= 15 is 0 Å². The standard InChI is InChI=1S/C15H23N5O/c1-11-14(19-21-18-11)9-16-8-13-10-20(2)17-15(13)12-6-4-3-5-7-12/h10,12,16H,3-9H2,1-2H3. The van der Waals surface area contributed by atoms with E-state index in [9.17, 15) is 0 Å². The van der Waals surface area contributed by atoms with Gasteiger partial charge in [-0.15, -0.1) is 0 Å². The summed E-state index contributed by atoms with van der Waals surface area (Å²) in [5, 5.41) is 15.8. The van der Waals surface area contributed by atoms with Crippen molar-refractivity contribution in [1.29, 1.82) is 0 Å². The number of hydrogen-bond acceptors (Lipinski definition) is 5. The quantitative estimate of drug-likeness (QED) is 0.915. The van der Waals surface area contributed by atoms with Gasteiger partial charge in [-0.05, 0) is 19.8 Å². The topological polar surface area (TPSA) is 68.8 Å². The fourth-order valence-corrected chi connectivity index (χ4v) is 3.14. The molecule has 2 aromatic rings. The van der Waals surface area contributed by atoms with Crippen LogP contribution in [-0.4, -0.2) is 20.1 Å². The summed E-state index contributed by atoms with van der Waals surface area (Å²) in [6.07, 6.45) is 8.71. The molecule has 6 heteroatoms. The van der Waals surface area contributed by atoms with Gasteiger partial charge in [0, 0.05) is 37.8 Å². The van der Waals surface area contributed by atoms with Crippen molar-refractivity contribution in [1.82, 2.24) is 25.4 Å². The number of hydrogen-bond donors (Lipinski definition) is 1. The van der Waals surface area contributed by atoms with Gasteiger partial charge in [0.15, 0.2) is 0 Å². The SMILES string of the molecule is Cc1nonc1CNCc1cn(C)nc1C1CCCCC1. The second-order valence-corrected chi connectivity index (χ2v) is 5.95. The lowest BCUT2D eigenvalue weighted by Gasteiger charge is -2.21. The Labute approximate surface area is 124 Å². The van der Waals surface area contributed by atoms with Crippen LogP contribution in [0.4, 0.5) is 0 Å². The monoisotopic (exact) mass is 289 g/mol. The van der Waals surface area contributed by atoms with Crippen LogP contribution in [0.5, 0.6) is 0 Å². The Morgan fingerprint density at radius 2 is 2.05 bits per heavy atom. The van der Waals surface area contributed by atoms with Gasteiger partial charge in [0.05, 0.1) is 5.69 Å². The van der Waals surface area contributed by atoms with Crippen molar-refractivity contribution in [2.75, 3.05) is 0 Å². The van der Waals surface area contributed by atoms with Crippen molar-refractivity contribution in [2.45, 2.75) is 58.0 Å². The zero-order valence-electron chi connectivity index (χ0n) is 12.8. The van der Waals surface area contributed by atoms with Crippen molar-refractivity contribution < 1.29 is 4.63 Å². The lowest BCUT2D eigenvalue weighted by Crippen LogP contribution is -2.16. The number of aromatic nitrogens is 4. The Bertz CT molecular complexity index is 583. The highest BCUT2D eigenvalue weighted by Gasteiger charge is 2.21. The average molecular weight is 289 g/mol. The summed E-state index contributed by atoms with van der Waals surface area (Å²) in [5.74, 6) is 0.632. The van der Waals surface area contributed by atoms with Gasteiger partial charge in [-0.3, -0.25) is 4.68 Å². The summed E-state index contributed by atoms with van der Waals surface area (Å²) < 4.78 is 6.65. The van der Waals surface area contributed by atoms with Crippen molar-refractivity contribution in [3.63, 3.8) is 0 Å². The molecule has 1 fully saturated rings. The van der Waals surface area contributed by atoms with E-state index in [4.69, 9.17) is 9.73 Å². The maximum atomic E-state index is 4.71. The van der Waals surface area contributed by atoms with Gasteiger partial charge in [-0.25, -0.2) is 4.63 Å². The molecule has 0 bridgehead atoms. The van der Waals surface area contributed by atoms with E-state index in [0.717, 1.165) is 17.9 Å². The third kappa shape index (κ3) is 3.32. The molecule has 6 nitrogen and oxygen atoms in total. The van der Waals surface area contributed by atoms with Crippen LogP contribution in [0.15, 0.2) is 10.8 Å². The number of nitrogens with zero attached hydrogens (tertiary/aromatic N) is 4. The molecule has 0 radical (unpaired) electrons. The van der Waals surface area contributed by atoms with E-state index in [0.29, 0.717) is 12.5 Å². The number of nitrogens with one attached hydrogen (secondary N) is 1. The van der Waals surface area contributed by atoms with Crippen LogP contribution in [-0.2, 0) is 20.1 Å². The second kappa shape index (κ2) is 6.39. The molecule has 0 amide bonds. The Morgan fingerprint density at radius 1 is 1.24 bits per heavy atom. The summed E-state index contributed by atoms with van der Waals surface area (Å²) in [6.45, 7) is 3.39. The van der Waals surface area contributed by atoms with Gasteiger partial charge in [0.1, 0.15) is 11.4 Å². The van der Waals surface area contributed by atoms with Gasteiger partial charge in [-0.1, -0.05) is 29.6 Å². The van der Waals surface area contributed by atoms with Crippen molar-refractivity contribution >= 4 is 0 Å². The zero-order valence-corrected chi connectivity index (χ0v) is 12.8. The molecule has 2 aromatic heterocycles. The molecule has 114 valence electrons. The van der Waals surface area contributed by atoms with Crippen molar-refractivity contribution in [2.24, 2.45) is 7.05 Å². The normalized spacial score (nSPS) is 16.5. The van der Waals surface area contributed by atoms with E-state index in [1.807, 2.05) is 18.7 Å². The third-order valence-corrected chi connectivity index (χ3v) is 4.28. The smallest absolute Gasteiger partial charge is 0.121 e. The maximum Gasteiger partial charge on any atom is 0.121 e. The minimum Gasteiger partial charge on any atom is -0.307 e. The summed E-state index contributed by atoms with van der Waals surface area (Å²) in [5.41, 5.74) is 4.30. The fourth-order valence-electron chi connectivity index (χ4n) is 3.14. The Morgan fingerprint density at radius 3 is 2.76 bits per heavy atom. The predicted octanol–water partition coefficient (Wildman–Crippen LogP) is 2.45. The first-order chi connectivity index (χ1) is 10.2. The summed E-state index contributed by atoms with van der Waals surface area (Å²) in [6, 6.07) is 0. The summed E-state index contributed by atoms with van der Waals surface area (Å²) in [4.78, 5) is 0. The van der Waals surface area contributed by atoms with Crippen LogP contribution in [0.2, 0.25) is 0 Å². The predicted molar refractivity (Wildman–Crippen MR) is 78.6 cm³/mol. The van der Waals surface area contributed by atoms with E-state index in [-0.39, 0.29) is 0 Å². The first-order valence-electron chi connectivity index (χ1n) is 7.75. The molecule has 0 unspecified atom stereocenters. The highest BCUT2D eigenvalue weighted by molar-refractivity contribution is 5.21. The van der Waals surface area contributed by atoms with Gasteiger partial charge >= 0.3 is 0 Å².